The first-order valence-corrected chi connectivity index (χ1v) is 4.23. The van der Waals surface area contributed by atoms with Crippen molar-refractivity contribution in [2.45, 2.75) is 12.3 Å². The zero-order chi connectivity index (χ0) is 9.26. The number of imidazole rings is 1. The van der Waals surface area contributed by atoms with Crippen molar-refractivity contribution in [2.24, 2.45) is 5.92 Å². The van der Waals surface area contributed by atoms with Crippen LogP contribution in [0.25, 0.3) is 0 Å². The zero-order valence-electron chi connectivity index (χ0n) is 7.03. The van der Waals surface area contributed by atoms with E-state index >= 15 is 0 Å². The molecule has 2 rings (SSSR count). The number of nitrogens with zero attached hydrogens (tertiary/aromatic N) is 1. The summed E-state index contributed by atoms with van der Waals surface area (Å²) in [5.41, 5.74) is 0. The van der Waals surface area contributed by atoms with Crippen molar-refractivity contribution in [3.8, 4) is 0 Å². The summed E-state index contributed by atoms with van der Waals surface area (Å²) in [6.45, 7) is 0.528. The molecule has 13 heavy (non-hydrogen) atoms. The van der Waals surface area contributed by atoms with Gasteiger partial charge in [0.25, 0.3) is 0 Å². The highest BCUT2D eigenvalue weighted by Crippen LogP contribution is 2.45. The minimum atomic E-state index is -0.954. The van der Waals surface area contributed by atoms with Gasteiger partial charge in [0, 0.05) is 24.9 Å². The standard InChI is InChI=1S/C8H11N3O2/c12-8(13)11-4-5-3-6(5)7-9-1-2-10-7/h1-2,5-6,11H,3-4H2,(H,9,10)(H,12,13). The van der Waals surface area contributed by atoms with Gasteiger partial charge < -0.3 is 15.4 Å². The van der Waals surface area contributed by atoms with Crippen molar-refractivity contribution in [1.82, 2.24) is 15.3 Å². The number of carboxylic acid groups (broad SMARTS) is 1. The lowest BCUT2D eigenvalue weighted by atomic mass is 10.3. The van der Waals surface area contributed by atoms with Crippen molar-refractivity contribution < 1.29 is 9.90 Å². The molecule has 5 nitrogen and oxygen atoms in total. The molecule has 0 spiro atoms. The van der Waals surface area contributed by atoms with Crippen LogP contribution in [0.2, 0.25) is 0 Å². The maximum absolute atomic E-state index is 10.2. The molecule has 2 unspecified atom stereocenters. The highest BCUT2D eigenvalue weighted by Gasteiger charge is 2.40. The van der Waals surface area contributed by atoms with Crippen LogP contribution < -0.4 is 5.32 Å². The fourth-order valence-corrected chi connectivity index (χ4v) is 1.51. The first kappa shape index (κ1) is 8.10. The fraction of sp³-hybridized carbons (Fsp3) is 0.500. The van der Waals surface area contributed by atoms with Crippen LogP contribution >= 0.6 is 0 Å². The summed E-state index contributed by atoms with van der Waals surface area (Å²) >= 11 is 0. The van der Waals surface area contributed by atoms with E-state index in [0.717, 1.165) is 12.2 Å². The molecule has 0 aromatic carbocycles. The van der Waals surface area contributed by atoms with Crippen molar-refractivity contribution in [2.75, 3.05) is 6.54 Å². The molecule has 2 atom stereocenters. The van der Waals surface area contributed by atoms with Crippen molar-refractivity contribution in [1.29, 1.82) is 0 Å². The van der Waals surface area contributed by atoms with Gasteiger partial charge in [0.1, 0.15) is 5.82 Å². The summed E-state index contributed by atoms with van der Waals surface area (Å²) in [5, 5.41) is 10.7. The van der Waals surface area contributed by atoms with Gasteiger partial charge in [0.2, 0.25) is 0 Å². The van der Waals surface area contributed by atoms with E-state index in [4.69, 9.17) is 5.11 Å². The largest absolute Gasteiger partial charge is 0.465 e. The van der Waals surface area contributed by atoms with Gasteiger partial charge in [-0.05, 0) is 12.3 Å². The Balaban J connectivity index is 1.80. The quantitative estimate of drug-likeness (QED) is 0.644. The molecule has 1 aliphatic rings. The normalized spacial score (nSPS) is 25.5. The van der Waals surface area contributed by atoms with Crippen LogP contribution in [0, 0.1) is 5.92 Å². The average molecular weight is 181 g/mol. The van der Waals surface area contributed by atoms with Gasteiger partial charge in [0.05, 0.1) is 0 Å². The summed E-state index contributed by atoms with van der Waals surface area (Å²) in [7, 11) is 0. The molecule has 3 N–H and O–H groups in total. The summed E-state index contributed by atoms with van der Waals surface area (Å²) in [6.07, 6.45) is 3.57. The van der Waals surface area contributed by atoms with Crippen LogP contribution in [-0.2, 0) is 0 Å². The molecule has 0 aliphatic heterocycles. The van der Waals surface area contributed by atoms with Crippen LogP contribution in [0.4, 0.5) is 4.79 Å². The van der Waals surface area contributed by atoms with Crippen LogP contribution in [-0.4, -0.2) is 27.7 Å². The van der Waals surface area contributed by atoms with Crippen molar-refractivity contribution in [3.63, 3.8) is 0 Å². The topological polar surface area (TPSA) is 78.0 Å². The monoisotopic (exact) mass is 181 g/mol. The second-order valence-electron chi connectivity index (χ2n) is 3.26. The molecule has 1 aromatic heterocycles. The second kappa shape index (κ2) is 3.08. The minimum absolute atomic E-state index is 0.418. The lowest BCUT2D eigenvalue weighted by Crippen LogP contribution is -2.23. The number of hydrogen-bond acceptors (Lipinski definition) is 2. The first-order valence-electron chi connectivity index (χ1n) is 4.23. The minimum Gasteiger partial charge on any atom is -0.465 e. The molecule has 1 amide bonds. The van der Waals surface area contributed by atoms with Gasteiger partial charge in [-0.25, -0.2) is 9.78 Å². The number of aromatic nitrogens is 2. The van der Waals surface area contributed by atoms with Gasteiger partial charge in [-0.15, -0.1) is 0 Å². The maximum atomic E-state index is 10.2. The number of carbonyl (C=O) groups is 1. The Labute approximate surface area is 75.2 Å². The van der Waals surface area contributed by atoms with Crippen LogP contribution in [0.15, 0.2) is 12.4 Å². The molecule has 0 radical (unpaired) electrons. The van der Waals surface area contributed by atoms with Crippen molar-refractivity contribution >= 4 is 6.09 Å². The Morgan fingerprint density at radius 3 is 3.31 bits per heavy atom. The molecule has 1 aliphatic carbocycles. The van der Waals surface area contributed by atoms with E-state index < -0.39 is 6.09 Å². The number of nitrogens with one attached hydrogen (secondary N) is 2. The van der Waals surface area contributed by atoms with Crippen molar-refractivity contribution in [3.05, 3.63) is 18.2 Å². The smallest absolute Gasteiger partial charge is 0.404 e. The van der Waals surface area contributed by atoms with E-state index in [1.54, 1.807) is 12.4 Å². The van der Waals surface area contributed by atoms with Gasteiger partial charge in [-0.3, -0.25) is 0 Å². The summed E-state index contributed by atoms with van der Waals surface area (Å²) in [6, 6.07) is 0. The van der Waals surface area contributed by atoms with E-state index in [1.807, 2.05) is 0 Å². The number of aromatic amines is 1. The molecule has 1 aromatic rings. The van der Waals surface area contributed by atoms with E-state index in [1.165, 1.54) is 0 Å². The Hall–Kier alpha value is -1.52. The Kier molecular flexibility index (Phi) is 1.92. The molecule has 1 saturated carbocycles. The highest BCUT2D eigenvalue weighted by molar-refractivity contribution is 5.64. The lowest BCUT2D eigenvalue weighted by molar-refractivity contribution is 0.194. The number of H-pyrrole nitrogens is 1. The molecule has 70 valence electrons. The summed E-state index contributed by atoms with van der Waals surface area (Å²) in [5.74, 6) is 1.81. The van der Waals surface area contributed by atoms with E-state index in [0.29, 0.717) is 18.4 Å². The number of rotatable bonds is 3. The van der Waals surface area contributed by atoms with Gasteiger partial charge in [-0.1, -0.05) is 0 Å². The van der Waals surface area contributed by atoms with Gasteiger partial charge in [-0.2, -0.15) is 0 Å². The predicted molar refractivity (Wildman–Crippen MR) is 45.5 cm³/mol. The second-order valence-corrected chi connectivity index (χ2v) is 3.26. The van der Waals surface area contributed by atoms with Gasteiger partial charge >= 0.3 is 6.09 Å². The molecule has 0 saturated heterocycles. The molecular formula is C8H11N3O2. The van der Waals surface area contributed by atoms with E-state index in [9.17, 15) is 4.79 Å². The van der Waals surface area contributed by atoms with Crippen LogP contribution in [0.5, 0.6) is 0 Å². The molecule has 1 fully saturated rings. The lowest BCUT2D eigenvalue weighted by Gasteiger charge is -1.97. The van der Waals surface area contributed by atoms with Crippen LogP contribution in [0.1, 0.15) is 18.2 Å². The Morgan fingerprint density at radius 2 is 2.69 bits per heavy atom. The zero-order valence-corrected chi connectivity index (χ0v) is 7.03. The molecule has 1 heterocycles. The predicted octanol–water partition coefficient (Wildman–Crippen LogP) is 0.781. The summed E-state index contributed by atoms with van der Waals surface area (Å²) < 4.78 is 0. The molecule has 0 bridgehead atoms. The van der Waals surface area contributed by atoms with Gasteiger partial charge in [0.15, 0.2) is 0 Å². The third-order valence-corrected chi connectivity index (χ3v) is 2.31. The number of amides is 1. The highest BCUT2D eigenvalue weighted by atomic mass is 16.4. The van der Waals surface area contributed by atoms with E-state index in [-0.39, 0.29) is 0 Å². The third-order valence-electron chi connectivity index (χ3n) is 2.31. The Morgan fingerprint density at radius 1 is 1.85 bits per heavy atom. The van der Waals surface area contributed by atoms with Crippen LogP contribution in [0.3, 0.4) is 0 Å². The maximum Gasteiger partial charge on any atom is 0.404 e. The molecular weight excluding hydrogens is 170 g/mol. The fourth-order valence-electron chi connectivity index (χ4n) is 1.51. The van der Waals surface area contributed by atoms with E-state index in [2.05, 4.69) is 15.3 Å². The SMILES string of the molecule is O=C(O)NCC1CC1c1ncc[nH]1. The third kappa shape index (κ3) is 1.80. The first-order chi connectivity index (χ1) is 6.27. The molecule has 5 heteroatoms. The summed E-state index contributed by atoms with van der Waals surface area (Å²) in [4.78, 5) is 17.3. The average Bonchev–Trinajstić information content (AvgIpc) is 2.66. The Bertz CT molecular complexity index is 296. The number of hydrogen-bond donors (Lipinski definition) is 3.